The van der Waals surface area contributed by atoms with Crippen LogP contribution in [0.5, 0.6) is 0 Å². The lowest BCUT2D eigenvalue weighted by atomic mass is 10.1. The predicted molar refractivity (Wildman–Crippen MR) is 52.2 cm³/mol. The molecule has 0 bridgehead atoms. The highest BCUT2D eigenvalue weighted by atomic mass is 15.1. The number of hydrogen-bond donors (Lipinski definition) is 1. The Bertz CT molecular complexity index is 287. The van der Waals surface area contributed by atoms with Crippen LogP contribution in [-0.4, -0.2) is 28.0 Å². The van der Waals surface area contributed by atoms with Crippen LogP contribution in [0.25, 0.3) is 0 Å². The van der Waals surface area contributed by atoms with Crippen molar-refractivity contribution < 1.29 is 0 Å². The van der Waals surface area contributed by atoms with Gasteiger partial charge in [-0.3, -0.25) is 4.90 Å². The molecule has 0 aromatic carbocycles. The normalized spacial score (nSPS) is 18.7. The largest absolute Gasteiger partial charge is 0.347 e. The van der Waals surface area contributed by atoms with Gasteiger partial charge in [-0.2, -0.15) is 0 Å². The standard InChI is InChI=1S/C10H15N3/c1-9-3-2-4-13(6-9)7-10-5-11-8-12-10/h3,5,8H,2,4,6-7H2,1H3,(H,11,12). The third-order valence-corrected chi connectivity index (χ3v) is 2.36. The van der Waals surface area contributed by atoms with Crippen LogP contribution in [0.15, 0.2) is 24.2 Å². The molecule has 1 aromatic rings. The van der Waals surface area contributed by atoms with Gasteiger partial charge in [-0.1, -0.05) is 11.6 Å². The molecule has 70 valence electrons. The molecule has 1 aromatic heterocycles. The molecular formula is C10H15N3. The molecule has 0 fully saturated rings. The third kappa shape index (κ3) is 2.18. The van der Waals surface area contributed by atoms with Gasteiger partial charge in [-0.15, -0.1) is 0 Å². The molecule has 2 heterocycles. The zero-order chi connectivity index (χ0) is 9.10. The molecule has 0 amide bonds. The molecule has 0 aliphatic carbocycles. The minimum atomic E-state index is 0.991. The van der Waals surface area contributed by atoms with Crippen LogP contribution in [0.2, 0.25) is 0 Å². The Hall–Kier alpha value is -1.09. The smallest absolute Gasteiger partial charge is 0.0922 e. The van der Waals surface area contributed by atoms with Gasteiger partial charge in [0.05, 0.1) is 6.33 Å². The average Bonchev–Trinajstić information content (AvgIpc) is 2.57. The first kappa shape index (κ1) is 8.51. The zero-order valence-corrected chi connectivity index (χ0v) is 7.95. The maximum absolute atomic E-state index is 4.01. The Morgan fingerprint density at radius 3 is 3.23 bits per heavy atom. The van der Waals surface area contributed by atoms with Crippen molar-refractivity contribution in [3.63, 3.8) is 0 Å². The summed E-state index contributed by atoms with van der Waals surface area (Å²) < 4.78 is 0. The topological polar surface area (TPSA) is 31.9 Å². The van der Waals surface area contributed by atoms with Gasteiger partial charge in [0.1, 0.15) is 0 Å². The Morgan fingerprint density at radius 2 is 2.54 bits per heavy atom. The van der Waals surface area contributed by atoms with E-state index in [1.54, 1.807) is 6.33 Å². The van der Waals surface area contributed by atoms with Gasteiger partial charge in [0.25, 0.3) is 0 Å². The van der Waals surface area contributed by atoms with Gasteiger partial charge >= 0.3 is 0 Å². The SMILES string of the molecule is CC1=CCCN(Cc2cnc[nH]2)C1. The minimum absolute atomic E-state index is 0.991. The van der Waals surface area contributed by atoms with E-state index in [9.17, 15) is 0 Å². The van der Waals surface area contributed by atoms with Crippen LogP contribution >= 0.6 is 0 Å². The van der Waals surface area contributed by atoms with E-state index >= 15 is 0 Å². The molecule has 0 atom stereocenters. The van der Waals surface area contributed by atoms with Crippen molar-refractivity contribution in [2.75, 3.05) is 13.1 Å². The fraction of sp³-hybridized carbons (Fsp3) is 0.500. The van der Waals surface area contributed by atoms with Gasteiger partial charge in [0.2, 0.25) is 0 Å². The van der Waals surface area contributed by atoms with Crippen LogP contribution in [0, 0.1) is 0 Å². The first-order chi connectivity index (χ1) is 6.34. The van der Waals surface area contributed by atoms with Gasteiger partial charge in [0.15, 0.2) is 0 Å². The van der Waals surface area contributed by atoms with Crippen molar-refractivity contribution in [3.8, 4) is 0 Å². The summed E-state index contributed by atoms with van der Waals surface area (Å²) >= 11 is 0. The van der Waals surface area contributed by atoms with Crippen molar-refractivity contribution in [1.82, 2.24) is 14.9 Å². The van der Waals surface area contributed by atoms with E-state index in [4.69, 9.17) is 0 Å². The van der Waals surface area contributed by atoms with Crippen molar-refractivity contribution in [3.05, 3.63) is 29.9 Å². The molecule has 0 saturated heterocycles. The molecule has 0 spiro atoms. The summed E-state index contributed by atoms with van der Waals surface area (Å²) in [6.45, 7) is 5.44. The second-order valence-electron chi connectivity index (χ2n) is 3.63. The summed E-state index contributed by atoms with van der Waals surface area (Å²) in [5.74, 6) is 0. The van der Waals surface area contributed by atoms with Gasteiger partial charge in [0, 0.05) is 31.5 Å². The molecular weight excluding hydrogens is 162 g/mol. The van der Waals surface area contributed by atoms with Crippen molar-refractivity contribution in [1.29, 1.82) is 0 Å². The monoisotopic (exact) mass is 177 g/mol. The van der Waals surface area contributed by atoms with E-state index in [0.29, 0.717) is 0 Å². The van der Waals surface area contributed by atoms with Crippen molar-refractivity contribution >= 4 is 0 Å². The first-order valence-electron chi connectivity index (χ1n) is 4.70. The van der Waals surface area contributed by atoms with Gasteiger partial charge in [-0.05, 0) is 13.3 Å². The Labute approximate surface area is 78.5 Å². The average molecular weight is 177 g/mol. The predicted octanol–water partition coefficient (Wildman–Crippen LogP) is 1.56. The highest BCUT2D eigenvalue weighted by Gasteiger charge is 2.10. The maximum Gasteiger partial charge on any atom is 0.0922 e. The minimum Gasteiger partial charge on any atom is -0.347 e. The molecule has 3 nitrogen and oxygen atoms in total. The van der Waals surface area contributed by atoms with Crippen molar-refractivity contribution in [2.45, 2.75) is 19.9 Å². The van der Waals surface area contributed by atoms with Crippen LogP contribution in [0.3, 0.4) is 0 Å². The number of rotatable bonds is 2. The van der Waals surface area contributed by atoms with E-state index in [0.717, 1.165) is 19.6 Å². The van der Waals surface area contributed by atoms with Gasteiger partial charge < -0.3 is 4.98 Å². The third-order valence-electron chi connectivity index (χ3n) is 2.36. The molecule has 0 saturated carbocycles. The Morgan fingerprint density at radius 1 is 1.62 bits per heavy atom. The fourth-order valence-electron chi connectivity index (χ4n) is 1.74. The van der Waals surface area contributed by atoms with E-state index in [-0.39, 0.29) is 0 Å². The lowest BCUT2D eigenvalue weighted by molar-refractivity contribution is 0.279. The number of nitrogens with zero attached hydrogens (tertiary/aromatic N) is 2. The second-order valence-corrected chi connectivity index (χ2v) is 3.63. The number of aromatic amines is 1. The fourth-order valence-corrected chi connectivity index (χ4v) is 1.74. The van der Waals surface area contributed by atoms with Gasteiger partial charge in [-0.25, -0.2) is 4.98 Å². The molecule has 13 heavy (non-hydrogen) atoms. The Kier molecular flexibility index (Phi) is 2.45. The molecule has 0 unspecified atom stereocenters. The zero-order valence-electron chi connectivity index (χ0n) is 7.95. The first-order valence-corrected chi connectivity index (χ1v) is 4.70. The van der Waals surface area contributed by atoms with Crippen LogP contribution in [0.4, 0.5) is 0 Å². The van der Waals surface area contributed by atoms with E-state index in [2.05, 4.69) is 27.9 Å². The molecule has 1 aliphatic rings. The number of imidazole rings is 1. The van der Waals surface area contributed by atoms with Crippen LogP contribution < -0.4 is 0 Å². The van der Waals surface area contributed by atoms with Crippen LogP contribution in [0.1, 0.15) is 19.0 Å². The summed E-state index contributed by atoms with van der Waals surface area (Å²) in [6.07, 6.45) is 7.14. The summed E-state index contributed by atoms with van der Waals surface area (Å²) in [5.41, 5.74) is 2.68. The van der Waals surface area contributed by atoms with Crippen molar-refractivity contribution in [2.24, 2.45) is 0 Å². The summed E-state index contributed by atoms with van der Waals surface area (Å²) in [4.78, 5) is 9.57. The highest BCUT2D eigenvalue weighted by molar-refractivity contribution is 5.06. The quantitative estimate of drug-likeness (QED) is 0.695. The lowest BCUT2D eigenvalue weighted by Crippen LogP contribution is -2.28. The number of aromatic nitrogens is 2. The molecule has 0 radical (unpaired) electrons. The van der Waals surface area contributed by atoms with E-state index < -0.39 is 0 Å². The molecule has 1 aliphatic heterocycles. The van der Waals surface area contributed by atoms with E-state index in [1.807, 2.05) is 6.20 Å². The second kappa shape index (κ2) is 3.75. The summed E-state index contributed by atoms with van der Waals surface area (Å²) in [6, 6.07) is 0. The highest BCUT2D eigenvalue weighted by Crippen LogP contribution is 2.10. The number of H-pyrrole nitrogens is 1. The number of nitrogens with one attached hydrogen (secondary N) is 1. The van der Waals surface area contributed by atoms with Crippen LogP contribution in [-0.2, 0) is 6.54 Å². The van der Waals surface area contributed by atoms with E-state index in [1.165, 1.54) is 17.7 Å². The molecule has 2 rings (SSSR count). The number of hydrogen-bond acceptors (Lipinski definition) is 2. The molecule has 3 heteroatoms. The maximum atomic E-state index is 4.01. The lowest BCUT2D eigenvalue weighted by Gasteiger charge is -2.25. The Balaban J connectivity index is 1.93. The summed E-state index contributed by atoms with van der Waals surface area (Å²) in [7, 11) is 0. The molecule has 1 N–H and O–H groups in total. The summed E-state index contributed by atoms with van der Waals surface area (Å²) in [5, 5.41) is 0.